The maximum absolute atomic E-state index is 3.92. The first kappa shape index (κ1) is 11.7. The summed E-state index contributed by atoms with van der Waals surface area (Å²) in [7, 11) is 0. The lowest BCUT2D eigenvalue weighted by Gasteiger charge is -1.92. The molecule has 0 saturated carbocycles. The molecule has 0 atom stereocenters. The molecule has 70 valence electrons. The Bertz CT molecular complexity index is 358. The van der Waals surface area contributed by atoms with Gasteiger partial charge < -0.3 is 0 Å². The van der Waals surface area contributed by atoms with Crippen LogP contribution in [0.25, 0.3) is 12.7 Å². The Balaban J connectivity index is 0.000000671. The number of allylic oxidation sites excluding steroid dienone is 1. The van der Waals surface area contributed by atoms with Gasteiger partial charge in [0.05, 0.1) is 0 Å². The maximum Gasteiger partial charge on any atom is -0.0161 e. The highest BCUT2D eigenvalue weighted by Gasteiger charge is 1.85. The minimum Gasteiger partial charge on any atom is -0.0990 e. The normalized spacial score (nSPS) is 10.2. The van der Waals surface area contributed by atoms with Gasteiger partial charge in [-0.3, -0.25) is 0 Å². The highest BCUT2D eigenvalue weighted by atomic mass is 13.9. The van der Waals surface area contributed by atoms with E-state index < -0.39 is 0 Å². The molecule has 0 heterocycles. The minimum atomic E-state index is 1.06. The van der Waals surface area contributed by atoms with Gasteiger partial charge in [-0.2, -0.15) is 0 Å². The number of rotatable bonds is 1. The topological polar surface area (TPSA) is 0 Å². The van der Waals surface area contributed by atoms with Crippen LogP contribution in [0, 0.1) is 6.92 Å². The molecular formula is C13H18. The minimum absolute atomic E-state index is 1.06. The van der Waals surface area contributed by atoms with E-state index in [2.05, 4.69) is 26.1 Å². The van der Waals surface area contributed by atoms with Crippen LogP contribution < -0.4 is 10.4 Å². The second-order valence-corrected chi connectivity index (χ2v) is 2.55. The maximum atomic E-state index is 3.92. The smallest absolute Gasteiger partial charge is 0.0161 e. The number of aryl methyl sites for hydroxylation is 1. The third-order valence-electron chi connectivity index (χ3n) is 1.70. The van der Waals surface area contributed by atoms with Gasteiger partial charge in [0, 0.05) is 0 Å². The predicted octanol–water partition coefficient (Wildman–Crippen LogP) is 2.40. The van der Waals surface area contributed by atoms with Crippen LogP contribution in [-0.2, 0) is 0 Å². The molecule has 0 nitrogen and oxygen atoms in total. The Kier molecular flexibility index (Phi) is 5.62. The standard InChI is InChI=1S/C11H12.C2H6/c1-4-6-11-9(2)7-5-8-10(11)3;1-2/h4-8H,1-2H2,3H3;1-2H3/b11-6+;. The average molecular weight is 174 g/mol. The lowest BCUT2D eigenvalue weighted by molar-refractivity contribution is 1.38. The molecule has 1 aromatic rings. The average Bonchev–Trinajstić information content (AvgIpc) is 2.15. The molecule has 0 N–H and O–H groups in total. The molecule has 0 bridgehead atoms. The Morgan fingerprint density at radius 1 is 1.23 bits per heavy atom. The van der Waals surface area contributed by atoms with Crippen LogP contribution in [0.1, 0.15) is 19.4 Å². The second-order valence-electron chi connectivity index (χ2n) is 2.55. The van der Waals surface area contributed by atoms with Crippen LogP contribution in [0.4, 0.5) is 0 Å². The Hall–Kier alpha value is -1.30. The summed E-state index contributed by atoms with van der Waals surface area (Å²) in [4.78, 5) is 0. The molecule has 0 aliphatic rings. The van der Waals surface area contributed by atoms with Crippen molar-refractivity contribution >= 4 is 12.7 Å². The number of benzene rings is 1. The monoisotopic (exact) mass is 174 g/mol. The van der Waals surface area contributed by atoms with Crippen molar-refractivity contribution in [2.75, 3.05) is 0 Å². The van der Waals surface area contributed by atoms with Crippen molar-refractivity contribution in [3.8, 4) is 0 Å². The van der Waals surface area contributed by atoms with E-state index in [-0.39, 0.29) is 0 Å². The van der Waals surface area contributed by atoms with E-state index >= 15 is 0 Å². The van der Waals surface area contributed by atoms with Crippen LogP contribution in [0.3, 0.4) is 0 Å². The van der Waals surface area contributed by atoms with E-state index in [9.17, 15) is 0 Å². The molecule has 0 aliphatic carbocycles. The van der Waals surface area contributed by atoms with Gasteiger partial charge >= 0.3 is 0 Å². The van der Waals surface area contributed by atoms with Crippen LogP contribution in [0.5, 0.6) is 0 Å². The zero-order valence-corrected chi connectivity index (χ0v) is 8.80. The second kappa shape index (κ2) is 6.24. The van der Waals surface area contributed by atoms with Gasteiger partial charge in [0.2, 0.25) is 0 Å². The van der Waals surface area contributed by atoms with E-state index in [1.54, 1.807) is 6.08 Å². The van der Waals surface area contributed by atoms with Gasteiger partial charge in [0.15, 0.2) is 0 Å². The zero-order valence-electron chi connectivity index (χ0n) is 8.80. The summed E-state index contributed by atoms with van der Waals surface area (Å²) in [5, 5.41) is 2.24. The Morgan fingerprint density at radius 3 is 2.31 bits per heavy atom. The molecule has 13 heavy (non-hydrogen) atoms. The molecule has 0 fully saturated rings. The van der Waals surface area contributed by atoms with Crippen molar-refractivity contribution in [3.63, 3.8) is 0 Å². The van der Waals surface area contributed by atoms with Crippen molar-refractivity contribution in [3.05, 3.63) is 46.9 Å². The predicted molar refractivity (Wildman–Crippen MR) is 62.0 cm³/mol. The summed E-state index contributed by atoms with van der Waals surface area (Å²) in [5.74, 6) is 0. The van der Waals surface area contributed by atoms with Crippen molar-refractivity contribution in [1.29, 1.82) is 0 Å². The zero-order chi connectivity index (χ0) is 10.3. The molecule has 0 aliphatic heterocycles. The molecule has 1 aromatic carbocycles. The molecule has 0 saturated heterocycles. The summed E-state index contributed by atoms with van der Waals surface area (Å²) in [6.45, 7) is 13.6. The highest BCUT2D eigenvalue weighted by molar-refractivity contribution is 5.39. The molecular weight excluding hydrogens is 156 g/mol. The van der Waals surface area contributed by atoms with Crippen LogP contribution in [0.2, 0.25) is 0 Å². The van der Waals surface area contributed by atoms with Gasteiger partial charge in [-0.25, -0.2) is 0 Å². The SMILES string of the molecule is C=C/C=c1/c(C)cccc1=C.CC. The lowest BCUT2D eigenvalue weighted by Crippen LogP contribution is -2.24. The Labute approximate surface area is 80.9 Å². The first-order valence-corrected chi connectivity index (χ1v) is 4.63. The first-order valence-electron chi connectivity index (χ1n) is 4.63. The lowest BCUT2D eigenvalue weighted by atomic mass is 10.1. The fraction of sp³-hybridized carbons (Fsp3) is 0.231. The summed E-state index contributed by atoms with van der Waals surface area (Å²) in [6, 6.07) is 6.09. The van der Waals surface area contributed by atoms with Gasteiger partial charge in [0.1, 0.15) is 0 Å². The largest absolute Gasteiger partial charge is 0.0990 e. The van der Waals surface area contributed by atoms with E-state index in [1.807, 2.05) is 32.1 Å². The number of hydrogen-bond acceptors (Lipinski definition) is 0. The van der Waals surface area contributed by atoms with E-state index in [4.69, 9.17) is 0 Å². The van der Waals surface area contributed by atoms with Gasteiger partial charge in [-0.15, -0.1) is 0 Å². The summed E-state index contributed by atoms with van der Waals surface area (Å²) in [6.07, 6.45) is 3.77. The van der Waals surface area contributed by atoms with Crippen LogP contribution in [-0.4, -0.2) is 0 Å². The molecule has 0 spiro atoms. The molecule has 0 unspecified atom stereocenters. The first-order chi connectivity index (χ1) is 6.25. The van der Waals surface area contributed by atoms with E-state index in [0.29, 0.717) is 0 Å². The molecule has 0 heteroatoms. The van der Waals surface area contributed by atoms with Crippen LogP contribution in [0.15, 0.2) is 30.9 Å². The fourth-order valence-electron chi connectivity index (χ4n) is 1.10. The summed E-state index contributed by atoms with van der Waals surface area (Å²) < 4.78 is 0. The summed E-state index contributed by atoms with van der Waals surface area (Å²) in [5.41, 5.74) is 1.25. The number of hydrogen-bond donors (Lipinski definition) is 0. The van der Waals surface area contributed by atoms with Crippen molar-refractivity contribution in [1.82, 2.24) is 0 Å². The Morgan fingerprint density at radius 2 is 1.85 bits per heavy atom. The fourth-order valence-corrected chi connectivity index (χ4v) is 1.10. The van der Waals surface area contributed by atoms with Crippen molar-refractivity contribution in [2.45, 2.75) is 20.8 Å². The van der Waals surface area contributed by atoms with Crippen molar-refractivity contribution in [2.24, 2.45) is 0 Å². The van der Waals surface area contributed by atoms with Crippen molar-refractivity contribution < 1.29 is 0 Å². The summed E-state index contributed by atoms with van der Waals surface area (Å²) >= 11 is 0. The van der Waals surface area contributed by atoms with Crippen LogP contribution >= 0.6 is 0 Å². The molecule has 0 aromatic heterocycles. The molecule has 1 rings (SSSR count). The molecule has 0 radical (unpaired) electrons. The third-order valence-corrected chi connectivity index (χ3v) is 1.70. The highest BCUT2D eigenvalue weighted by Crippen LogP contribution is 1.83. The third kappa shape index (κ3) is 3.29. The van der Waals surface area contributed by atoms with E-state index in [0.717, 1.165) is 5.22 Å². The van der Waals surface area contributed by atoms with E-state index in [1.165, 1.54) is 10.8 Å². The molecule has 0 amide bonds. The quantitative estimate of drug-likeness (QED) is 0.613. The van der Waals surface area contributed by atoms with Gasteiger partial charge in [-0.1, -0.05) is 57.4 Å². The van der Waals surface area contributed by atoms with Gasteiger partial charge in [-0.05, 0) is 22.9 Å². The van der Waals surface area contributed by atoms with Gasteiger partial charge in [0.25, 0.3) is 0 Å².